The minimum atomic E-state index is -0.541. The Bertz CT molecular complexity index is 341. The molecule has 3 N–H and O–H groups in total. The third-order valence-electron chi connectivity index (χ3n) is 2.46. The molecule has 1 aromatic rings. The van der Waals surface area contributed by atoms with Crippen LogP contribution in [0.2, 0.25) is 0 Å². The number of carbonyl (C=O) groups excluding carboxylic acids is 1. The molecule has 0 aliphatic heterocycles. The Hall–Kier alpha value is -1.33. The smallest absolute Gasteiger partial charge is 0.255 e. The summed E-state index contributed by atoms with van der Waals surface area (Å²) in [6, 6.07) is 3.34. The average Bonchev–Trinajstić information content (AvgIpc) is 2.57. The van der Waals surface area contributed by atoms with Gasteiger partial charge in [0.1, 0.15) is 0 Å². The Kier molecular flexibility index (Phi) is 4.52. The van der Waals surface area contributed by atoms with Gasteiger partial charge in [-0.1, -0.05) is 0 Å². The lowest BCUT2D eigenvalue weighted by Crippen LogP contribution is -2.40. The molecule has 1 aromatic heterocycles. The number of nitrogens with zero attached hydrogens (tertiary/aromatic N) is 1. The predicted octanol–water partition coefficient (Wildman–Crippen LogP) is 0.539. The van der Waals surface area contributed by atoms with Crippen molar-refractivity contribution in [3.8, 4) is 0 Å². The first-order valence-corrected chi connectivity index (χ1v) is 5.26. The fourth-order valence-corrected chi connectivity index (χ4v) is 1.41. The molecule has 0 radical (unpaired) electrons. The lowest BCUT2D eigenvalue weighted by Gasteiger charge is -2.15. The Morgan fingerprint density at radius 2 is 2.06 bits per heavy atom. The van der Waals surface area contributed by atoms with Crippen molar-refractivity contribution in [2.75, 3.05) is 19.1 Å². The molecule has 1 rings (SSSR count). The van der Waals surface area contributed by atoms with Crippen LogP contribution in [-0.4, -0.2) is 30.3 Å². The van der Waals surface area contributed by atoms with Crippen LogP contribution in [0.3, 0.4) is 0 Å². The first-order chi connectivity index (χ1) is 7.56. The lowest BCUT2D eigenvalue weighted by molar-refractivity contribution is -0.118. The first kappa shape index (κ1) is 12.7. The SMILES string of the molecule is COCCC(N)C(=O)Nn1c(C)ccc1C. The molecule has 0 aromatic carbocycles. The van der Waals surface area contributed by atoms with Crippen molar-refractivity contribution in [1.82, 2.24) is 4.68 Å². The van der Waals surface area contributed by atoms with Crippen LogP contribution < -0.4 is 11.2 Å². The van der Waals surface area contributed by atoms with Gasteiger partial charge in [0, 0.05) is 25.1 Å². The summed E-state index contributed by atoms with van der Waals surface area (Å²) in [6.45, 7) is 4.33. The third kappa shape index (κ3) is 3.08. The quantitative estimate of drug-likeness (QED) is 0.768. The van der Waals surface area contributed by atoms with Crippen molar-refractivity contribution in [2.45, 2.75) is 26.3 Å². The number of ether oxygens (including phenoxy) is 1. The topological polar surface area (TPSA) is 69.3 Å². The molecular weight excluding hydrogens is 206 g/mol. The fraction of sp³-hybridized carbons (Fsp3) is 0.545. The molecule has 90 valence electrons. The van der Waals surface area contributed by atoms with Gasteiger partial charge in [0.05, 0.1) is 6.04 Å². The maximum atomic E-state index is 11.7. The van der Waals surface area contributed by atoms with Crippen molar-refractivity contribution in [1.29, 1.82) is 0 Å². The van der Waals surface area contributed by atoms with E-state index in [2.05, 4.69) is 5.43 Å². The van der Waals surface area contributed by atoms with Gasteiger partial charge in [-0.05, 0) is 32.4 Å². The number of methoxy groups -OCH3 is 1. The predicted molar refractivity (Wildman–Crippen MR) is 62.7 cm³/mol. The second kappa shape index (κ2) is 5.67. The van der Waals surface area contributed by atoms with E-state index < -0.39 is 6.04 Å². The van der Waals surface area contributed by atoms with Gasteiger partial charge >= 0.3 is 0 Å². The normalized spacial score (nSPS) is 12.5. The van der Waals surface area contributed by atoms with E-state index in [4.69, 9.17) is 10.5 Å². The van der Waals surface area contributed by atoms with Crippen LogP contribution in [-0.2, 0) is 9.53 Å². The van der Waals surface area contributed by atoms with E-state index in [1.807, 2.05) is 26.0 Å². The van der Waals surface area contributed by atoms with Gasteiger partial charge in [0.25, 0.3) is 5.91 Å². The van der Waals surface area contributed by atoms with E-state index in [1.165, 1.54) is 0 Å². The summed E-state index contributed by atoms with van der Waals surface area (Å²) < 4.78 is 6.61. The van der Waals surface area contributed by atoms with Crippen molar-refractivity contribution in [2.24, 2.45) is 5.73 Å². The number of carbonyl (C=O) groups is 1. The standard InChI is InChI=1S/C11H19N3O2/c1-8-4-5-9(2)14(8)13-11(15)10(12)6-7-16-3/h4-5,10H,6-7,12H2,1-3H3,(H,13,15). The zero-order chi connectivity index (χ0) is 12.1. The second-order valence-electron chi connectivity index (χ2n) is 3.82. The maximum Gasteiger partial charge on any atom is 0.255 e. The minimum Gasteiger partial charge on any atom is -0.385 e. The van der Waals surface area contributed by atoms with Crippen LogP contribution in [0.5, 0.6) is 0 Å². The van der Waals surface area contributed by atoms with Gasteiger partial charge in [-0.15, -0.1) is 0 Å². The number of rotatable bonds is 5. The van der Waals surface area contributed by atoms with Crippen LogP contribution >= 0.6 is 0 Å². The highest BCUT2D eigenvalue weighted by Gasteiger charge is 2.14. The summed E-state index contributed by atoms with van der Waals surface area (Å²) in [7, 11) is 1.59. The zero-order valence-electron chi connectivity index (χ0n) is 9.99. The molecule has 0 bridgehead atoms. The number of nitrogens with two attached hydrogens (primary N) is 1. The van der Waals surface area contributed by atoms with E-state index in [1.54, 1.807) is 11.8 Å². The van der Waals surface area contributed by atoms with Gasteiger partial charge in [-0.2, -0.15) is 0 Å². The van der Waals surface area contributed by atoms with Gasteiger partial charge in [-0.25, -0.2) is 0 Å². The van der Waals surface area contributed by atoms with Crippen LogP contribution in [0.15, 0.2) is 12.1 Å². The molecule has 16 heavy (non-hydrogen) atoms. The number of aryl methyl sites for hydroxylation is 2. The molecule has 5 heteroatoms. The monoisotopic (exact) mass is 225 g/mol. The van der Waals surface area contributed by atoms with E-state index in [0.717, 1.165) is 11.4 Å². The van der Waals surface area contributed by atoms with E-state index in [0.29, 0.717) is 13.0 Å². The van der Waals surface area contributed by atoms with Gasteiger partial charge in [0.15, 0.2) is 0 Å². The molecule has 0 saturated carbocycles. The third-order valence-corrected chi connectivity index (χ3v) is 2.46. The van der Waals surface area contributed by atoms with Crippen LogP contribution in [0.4, 0.5) is 0 Å². The molecule has 0 saturated heterocycles. The average molecular weight is 225 g/mol. The molecule has 1 amide bonds. The molecule has 1 atom stereocenters. The Labute approximate surface area is 95.5 Å². The summed E-state index contributed by atoms with van der Waals surface area (Å²) in [5, 5.41) is 0. The second-order valence-corrected chi connectivity index (χ2v) is 3.82. The fourth-order valence-electron chi connectivity index (χ4n) is 1.41. The van der Waals surface area contributed by atoms with Crippen molar-refractivity contribution >= 4 is 5.91 Å². The van der Waals surface area contributed by atoms with Gasteiger partial charge in [0.2, 0.25) is 0 Å². The molecule has 0 aliphatic rings. The molecule has 5 nitrogen and oxygen atoms in total. The molecule has 1 unspecified atom stereocenters. The summed E-state index contributed by atoms with van der Waals surface area (Å²) in [5.41, 5.74) is 10.4. The molecule has 0 aliphatic carbocycles. The van der Waals surface area contributed by atoms with E-state index in [9.17, 15) is 4.79 Å². The molecule has 0 spiro atoms. The molecular formula is C11H19N3O2. The lowest BCUT2D eigenvalue weighted by atomic mass is 10.2. The van der Waals surface area contributed by atoms with Crippen molar-refractivity contribution in [3.05, 3.63) is 23.5 Å². The number of hydrogen-bond donors (Lipinski definition) is 2. The van der Waals surface area contributed by atoms with Gasteiger partial charge < -0.3 is 10.5 Å². The highest BCUT2D eigenvalue weighted by molar-refractivity contribution is 5.88. The zero-order valence-corrected chi connectivity index (χ0v) is 9.99. The Morgan fingerprint density at radius 3 is 2.56 bits per heavy atom. The van der Waals surface area contributed by atoms with Gasteiger partial charge in [-0.3, -0.25) is 14.9 Å². The Morgan fingerprint density at radius 1 is 1.50 bits per heavy atom. The minimum absolute atomic E-state index is 0.195. The maximum absolute atomic E-state index is 11.7. The van der Waals surface area contributed by atoms with Crippen LogP contribution in [0.25, 0.3) is 0 Å². The summed E-state index contributed by atoms with van der Waals surface area (Å²) in [5.74, 6) is -0.195. The first-order valence-electron chi connectivity index (χ1n) is 5.26. The highest BCUT2D eigenvalue weighted by atomic mass is 16.5. The van der Waals surface area contributed by atoms with Crippen LogP contribution in [0.1, 0.15) is 17.8 Å². The molecule has 0 fully saturated rings. The van der Waals surface area contributed by atoms with Crippen LogP contribution in [0, 0.1) is 13.8 Å². The van der Waals surface area contributed by atoms with Crippen molar-refractivity contribution in [3.63, 3.8) is 0 Å². The number of amides is 1. The Balaban J connectivity index is 2.57. The summed E-state index contributed by atoms with van der Waals surface area (Å²) in [4.78, 5) is 11.7. The largest absolute Gasteiger partial charge is 0.385 e. The molecule has 1 heterocycles. The van der Waals surface area contributed by atoms with E-state index >= 15 is 0 Å². The number of hydrogen-bond acceptors (Lipinski definition) is 3. The number of nitrogens with one attached hydrogen (secondary N) is 1. The summed E-state index contributed by atoms with van der Waals surface area (Å²) >= 11 is 0. The summed E-state index contributed by atoms with van der Waals surface area (Å²) in [6.07, 6.45) is 0.516. The van der Waals surface area contributed by atoms with Crippen molar-refractivity contribution < 1.29 is 9.53 Å². The highest BCUT2D eigenvalue weighted by Crippen LogP contribution is 2.04. The van der Waals surface area contributed by atoms with E-state index in [-0.39, 0.29) is 5.91 Å². The number of aromatic nitrogens is 1.